The second-order valence-corrected chi connectivity index (χ2v) is 4.47. The average molecular weight is 248 g/mol. The summed E-state index contributed by atoms with van der Waals surface area (Å²) in [4.78, 5) is 19.4. The highest BCUT2D eigenvalue weighted by Gasteiger charge is 2.04. The van der Waals surface area contributed by atoms with E-state index in [-0.39, 0.29) is 0 Å². The van der Waals surface area contributed by atoms with Gasteiger partial charge in [0.1, 0.15) is 0 Å². The minimum Gasteiger partial charge on any atom is -0.366 e. The van der Waals surface area contributed by atoms with E-state index in [4.69, 9.17) is 5.73 Å². The summed E-state index contributed by atoms with van der Waals surface area (Å²) in [5, 5.41) is 0. The summed E-state index contributed by atoms with van der Waals surface area (Å²) < 4.78 is 0. The number of hydrogen-bond donors (Lipinski definition) is 1. The van der Waals surface area contributed by atoms with Gasteiger partial charge in [-0.05, 0) is 17.7 Å². The third-order valence-electron chi connectivity index (χ3n) is 2.44. The van der Waals surface area contributed by atoms with Crippen molar-refractivity contribution in [1.29, 1.82) is 0 Å². The van der Waals surface area contributed by atoms with Crippen LogP contribution in [0.15, 0.2) is 29.3 Å². The van der Waals surface area contributed by atoms with E-state index >= 15 is 0 Å². The fourth-order valence-corrected chi connectivity index (χ4v) is 1.62. The van der Waals surface area contributed by atoms with Crippen LogP contribution in [0.2, 0.25) is 0 Å². The van der Waals surface area contributed by atoms with Crippen LogP contribution in [0.25, 0.3) is 0 Å². The Kier molecular flexibility index (Phi) is 4.71. The molecule has 0 aliphatic carbocycles. The second-order valence-electron chi connectivity index (χ2n) is 4.47. The zero-order valence-corrected chi connectivity index (χ0v) is 11.3. The minimum atomic E-state index is -0.410. The van der Waals surface area contributed by atoms with Gasteiger partial charge >= 0.3 is 0 Å². The molecule has 0 fully saturated rings. The molecule has 0 heterocycles. The van der Waals surface area contributed by atoms with Crippen LogP contribution in [-0.4, -0.2) is 49.9 Å². The number of amides is 1. The Hall–Kier alpha value is -2.04. The van der Waals surface area contributed by atoms with Crippen LogP contribution in [-0.2, 0) is 6.54 Å². The number of nitrogens with two attached hydrogens (primary N) is 1. The summed E-state index contributed by atoms with van der Waals surface area (Å²) in [6.07, 6.45) is 0. The third kappa shape index (κ3) is 3.76. The van der Waals surface area contributed by atoms with Crippen molar-refractivity contribution in [2.45, 2.75) is 6.54 Å². The lowest BCUT2D eigenvalue weighted by Crippen LogP contribution is -2.35. The predicted octanol–water partition coefficient (Wildman–Crippen LogP) is 0.765. The molecule has 98 valence electrons. The lowest BCUT2D eigenvalue weighted by Gasteiger charge is -2.22. The topological polar surface area (TPSA) is 61.9 Å². The normalized spacial score (nSPS) is 9.78. The van der Waals surface area contributed by atoms with Gasteiger partial charge in [0.05, 0.1) is 6.54 Å². The van der Waals surface area contributed by atoms with Crippen molar-refractivity contribution in [2.75, 3.05) is 28.2 Å². The first-order valence-electron chi connectivity index (χ1n) is 5.69. The number of guanidine groups is 1. The molecule has 1 aromatic carbocycles. The SMILES string of the molecule is CN(C)C(=NCc1ccc(C(N)=O)cc1)N(C)C. The number of primary amides is 1. The molecule has 1 aromatic rings. The van der Waals surface area contributed by atoms with E-state index in [1.807, 2.05) is 50.1 Å². The predicted molar refractivity (Wildman–Crippen MR) is 73.5 cm³/mol. The van der Waals surface area contributed by atoms with Crippen LogP contribution in [0, 0.1) is 0 Å². The second kappa shape index (κ2) is 6.05. The molecule has 0 unspecified atom stereocenters. The molecule has 2 N–H and O–H groups in total. The summed E-state index contributed by atoms with van der Waals surface area (Å²) in [5.41, 5.74) is 6.75. The van der Waals surface area contributed by atoms with Crippen LogP contribution in [0.3, 0.4) is 0 Å². The summed E-state index contributed by atoms with van der Waals surface area (Å²) >= 11 is 0. The molecule has 0 atom stereocenters. The van der Waals surface area contributed by atoms with Gasteiger partial charge in [-0.1, -0.05) is 12.1 Å². The molecule has 5 heteroatoms. The van der Waals surface area contributed by atoms with Crippen molar-refractivity contribution in [3.05, 3.63) is 35.4 Å². The molecule has 1 amide bonds. The Labute approximate surface area is 108 Å². The lowest BCUT2D eigenvalue weighted by molar-refractivity contribution is 0.100. The van der Waals surface area contributed by atoms with Gasteiger partial charge in [-0.15, -0.1) is 0 Å². The molecule has 0 saturated carbocycles. The van der Waals surface area contributed by atoms with Gasteiger partial charge in [0.25, 0.3) is 0 Å². The van der Waals surface area contributed by atoms with Crippen molar-refractivity contribution in [3.63, 3.8) is 0 Å². The zero-order valence-electron chi connectivity index (χ0n) is 11.3. The maximum absolute atomic E-state index is 10.9. The van der Waals surface area contributed by atoms with Gasteiger partial charge < -0.3 is 15.5 Å². The van der Waals surface area contributed by atoms with Crippen molar-refractivity contribution in [2.24, 2.45) is 10.7 Å². The van der Waals surface area contributed by atoms with Crippen molar-refractivity contribution >= 4 is 11.9 Å². The monoisotopic (exact) mass is 248 g/mol. The fraction of sp³-hybridized carbons (Fsp3) is 0.385. The van der Waals surface area contributed by atoms with E-state index in [1.165, 1.54) is 0 Å². The summed E-state index contributed by atoms with van der Waals surface area (Å²) in [5.74, 6) is 0.487. The number of benzene rings is 1. The maximum Gasteiger partial charge on any atom is 0.248 e. The van der Waals surface area contributed by atoms with Crippen LogP contribution >= 0.6 is 0 Å². The summed E-state index contributed by atoms with van der Waals surface area (Å²) in [6, 6.07) is 7.18. The molecule has 18 heavy (non-hydrogen) atoms. The fourth-order valence-electron chi connectivity index (χ4n) is 1.62. The first-order valence-corrected chi connectivity index (χ1v) is 5.69. The Morgan fingerprint density at radius 3 is 2.00 bits per heavy atom. The number of nitrogens with zero attached hydrogens (tertiary/aromatic N) is 3. The Morgan fingerprint density at radius 1 is 1.11 bits per heavy atom. The van der Waals surface area contributed by atoms with Gasteiger partial charge in [-0.3, -0.25) is 4.79 Å². The quantitative estimate of drug-likeness (QED) is 0.634. The summed E-state index contributed by atoms with van der Waals surface area (Å²) in [6.45, 7) is 0.574. The van der Waals surface area contributed by atoms with Crippen molar-refractivity contribution in [3.8, 4) is 0 Å². The third-order valence-corrected chi connectivity index (χ3v) is 2.44. The number of rotatable bonds is 3. The Balaban J connectivity index is 2.78. The van der Waals surface area contributed by atoms with Gasteiger partial charge in [0, 0.05) is 33.8 Å². The highest BCUT2D eigenvalue weighted by molar-refractivity contribution is 5.92. The molecular formula is C13H20N4O. The zero-order chi connectivity index (χ0) is 13.7. The van der Waals surface area contributed by atoms with E-state index in [0.717, 1.165) is 11.5 Å². The first kappa shape index (κ1) is 14.0. The van der Waals surface area contributed by atoms with Crippen LogP contribution in [0.4, 0.5) is 0 Å². The van der Waals surface area contributed by atoms with E-state index in [2.05, 4.69) is 4.99 Å². The molecular weight excluding hydrogens is 228 g/mol. The minimum absolute atomic E-state index is 0.410. The number of aliphatic imine (C=N–C) groups is 1. The van der Waals surface area contributed by atoms with Crippen molar-refractivity contribution in [1.82, 2.24) is 9.80 Å². The van der Waals surface area contributed by atoms with E-state index in [0.29, 0.717) is 12.1 Å². The Morgan fingerprint density at radius 2 is 1.61 bits per heavy atom. The molecule has 0 bridgehead atoms. The molecule has 0 saturated heterocycles. The Bertz CT molecular complexity index is 425. The number of hydrogen-bond acceptors (Lipinski definition) is 2. The van der Waals surface area contributed by atoms with E-state index in [9.17, 15) is 4.79 Å². The largest absolute Gasteiger partial charge is 0.366 e. The molecule has 0 radical (unpaired) electrons. The van der Waals surface area contributed by atoms with Gasteiger partial charge in [0.2, 0.25) is 5.91 Å². The highest BCUT2D eigenvalue weighted by atomic mass is 16.1. The average Bonchev–Trinajstić information content (AvgIpc) is 2.28. The van der Waals surface area contributed by atoms with E-state index in [1.54, 1.807) is 12.1 Å². The van der Waals surface area contributed by atoms with Crippen LogP contribution in [0.5, 0.6) is 0 Å². The van der Waals surface area contributed by atoms with Crippen molar-refractivity contribution < 1.29 is 4.79 Å². The highest BCUT2D eigenvalue weighted by Crippen LogP contribution is 2.06. The molecule has 5 nitrogen and oxygen atoms in total. The number of carbonyl (C=O) groups excluding carboxylic acids is 1. The van der Waals surface area contributed by atoms with Gasteiger partial charge in [0.15, 0.2) is 5.96 Å². The molecule has 0 aliphatic rings. The molecule has 1 rings (SSSR count). The first-order chi connectivity index (χ1) is 8.41. The molecule has 0 aliphatic heterocycles. The molecule has 0 spiro atoms. The van der Waals surface area contributed by atoms with Gasteiger partial charge in [-0.2, -0.15) is 0 Å². The van der Waals surface area contributed by atoms with Crippen LogP contribution < -0.4 is 5.73 Å². The standard InChI is InChI=1S/C13H20N4O/c1-16(2)13(17(3)4)15-9-10-5-7-11(8-6-10)12(14)18/h5-8H,9H2,1-4H3,(H2,14,18). The lowest BCUT2D eigenvalue weighted by atomic mass is 10.1. The van der Waals surface area contributed by atoms with Gasteiger partial charge in [-0.25, -0.2) is 4.99 Å². The van der Waals surface area contributed by atoms with E-state index < -0.39 is 5.91 Å². The molecule has 0 aromatic heterocycles. The maximum atomic E-state index is 10.9. The van der Waals surface area contributed by atoms with Crippen LogP contribution in [0.1, 0.15) is 15.9 Å². The smallest absolute Gasteiger partial charge is 0.248 e. The summed E-state index contributed by atoms with van der Waals surface area (Å²) in [7, 11) is 7.81. The number of carbonyl (C=O) groups is 1.